The Morgan fingerprint density at radius 3 is 2.66 bits per heavy atom. The van der Waals surface area contributed by atoms with E-state index in [2.05, 4.69) is 50.1 Å². The number of fused-ring (bicyclic) bond motifs is 2. The number of benzene rings is 2. The van der Waals surface area contributed by atoms with Gasteiger partial charge in [-0.15, -0.1) is 0 Å². The van der Waals surface area contributed by atoms with E-state index in [1.165, 1.54) is 5.69 Å². The first-order valence-corrected chi connectivity index (χ1v) is 10.3. The lowest BCUT2D eigenvalue weighted by molar-refractivity contribution is 0.271. The Labute approximate surface area is 169 Å². The Morgan fingerprint density at radius 1 is 1.00 bits per heavy atom. The van der Waals surface area contributed by atoms with E-state index in [1.54, 1.807) is 0 Å². The van der Waals surface area contributed by atoms with Crippen molar-refractivity contribution in [2.75, 3.05) is 44.2 Å². The maximum atomic E-state index is 5.65. The number of nitrogens with zero attached hydrogens (tertiary/aromatic N) is 4. The maximum absolute atomic E-state index is 5.65. The lowest BCUT2D eigenvalue weighted by Gasteiger charge is -2.35. The van der Waals surface area contributed by atoms with Gasteiger partial charge in [-0.05, 0) is 49.9 Å². The van der Waals surface area contributed by atoms with Gasteiger partial charge in [-0.25, -0.2) is 4.98 Å². The summed E-state index contributed by atoms with van der Waals surface area (Å²) in [5, 5.41) is 8.60. The molecule has 0 radical (unpaired) electrons. The molecule has 0 amide bonds. The average molecular weight is 390 g/mol. The minimum Gasteiger partial charge on any atom is -0.494 e. The zero-order valence-electron chi connectivity index (χ0n) is 16.9. The molecule has 29 heavy (non-hydrogen) atoms. The van der Waals surface area contributed by atoms with Gasteiger partial charge in [0.25, 0.3) is 0 Å². The van der Waals surface area contributed by atoms with Gasteiger partial charge in [0.2, 0.25) is 0 Å². The molecule has 5 rings (SSSR count). The fourth-order valence-corrected chi connectivity index (χ4v) is 4.06. The van der Waals surface area contributed by atoms with E-state index in [0.29, 0.717) is 6.61 Å². The summed E-state index contributed by atoms with van der Waals surface area (Å²) in [5.74, 6) is 1.61. The standard InChI is InChI=1S/C22H26N6O/c1-3-27-9-11-28(12-10-27)15-5-7-19-20(13-15)24-22(23-19)21-17-14-16(29-4-2)6-8-18(17)25-26-21/h5-8,13-14H,3-4,9-12H2,1-2H3,(H,23,24)(H,25,26). The molecule has 1 saturated heterocycles. The van der Waals surface area contributed by atoms with Crippen molar-refractivity contribution in [1.29, 1.82) is 0 Å². The van der Waals surface area contributed by atoms with Crippen molar-refractivity contribution in [3.05, 3.63) is 36.4 Å². The number of imidazole rings is 1. The van der Waals surface area contributed by atoms with Gasteiger partial charge in [-0.3, -0.25) is 5.10 Å². The van der Waals surface area contributed by atoms with Crippen LogP contribution in [-0.2, 0) is 0 Å². The Balaban J connectivity index is 1.47. The molecule has 7 nitrogen and oxygen atoms in total. The van der Waals surface area contributed by atoms with Crippen molar-refractivity contribution in [3.8, 4) is 17.3 Å². The predicted molar refractivity (Wildman–Crippen MR) is 117 cm³/mol. The number of hydrogen-bond donors (Lipinski definition) is 2. The summed E-state index contributed by atoms with van der Waals surface area (Å²) >= 11 is 0. The summed E-state index contributed by atoms with van der Waals surface area (Å²) in [6.07, 6.45) is 0. The molecule has 2 N–H and O–H groups in total. The highest BCUT2D eigenvalue weighted by Gasteiger charge is 2.18. The van der Waals surface area contributed by atoms with Crippen LogP contribution in [0.2, 0.25) is 0 Å². The fourth-order valence-electron chi connectivity index (χ4n) is 4.06. The molecule has 0 aliphatic carbocycles. The van der Waals surface area contributed by atoms with Crippen LogP contribution in [0.25, 0.3) is 33.5 Å². The number of hydrogen-bond acceptors (Lipinski definition) is 5. The highest BCUT2D eigenvalue weighted by molar-refractivity contribution is 5.94. The normalized spacial score (nSPS) is 15.4. The highest BCUT2D eigenvalue weighted by Crippen LogP contribution is 2.30. The molecular formula is C22H26N6O. The number of H-pyrrole nitrogens is 2. The molecule has 2 aromatic heterocycles. The molecule has 0 unspecified atom stereocenters. The lowest BCUT2D eigenvalue weighted by atomic mass is 10.2. The average Bonchev–Trinajstić information content (AvgIpc) is 3.37. The third-order valence-corrected chi connectivity index (χ3v) is 5.72. The van der Waals surface area contributed by atoms with Gasteiger partial charge in [0.15, 0.2) is 5.82 Å². The molecule has 1 fully saturated rings. The SMILES string of the molecule is CCOc1ccc2[nH]nc(-c3nc4ccc(N5CCN(CC)CC5)cc4[nH]3)c2c1. The quantitative estimate of drug-likeness (QED) is 0.544. The maximum Gasteiger partial charge on any atom is 0.159 e. The van der Waals surface area contributed by atoms with Crippen molar-refractivity contribution in [2.45, 2.75) is 13.8 Å². The molecular weight excluding hydrogens is 364 g/mol. The summed E-state index contributed by atoms with van der Waals surface area (Å²) in [5.41, 5.74) is 5.02. The van der Waals surface area contributed by atoms with E-state index in [9.17, 15) is 0 Å². The molecule has 7 heteroatoms. The Morgan fingerprint density at radius 2 is 1.86 bits per heavy atom. The van der Waals surface area contributed by atoms with Crippen molar-refractivity contribution < 1.29 is 4.74 Å². The van der Waals surface area contributed by atoms with E-state index >= 15 is 0 Å². The topological polar surface area (TPSA) is 73.1 Å². The zero-order chi connectivity index (χ0) is 19.8. The summed E-state index contributed by atoms with van der Waals surface area (Å²) in [6.45, 7) is 10.3. The van der Waals surface area contributed by atoms with Gasteiger partial charge in [0, 0.05) is 37.3 Å². The molecule has 1 aliphatic heterocycles. The smallest absolute Gasteiger partial charge is 0.159 e. The third kappa shape index (κ3) is 3.31. The third-order valence-electron chi connectivity index (χ3n) is 5.72. The van der Waals surface area contributed by atoms with Crippen LogP contribution in [0.15, 0.2) is 36.4 Å². The first kappa shape index (κ1) is 18.0. The largest absolute Gasteiger partial charge is 0.494 e. The molecule has 0 saturated carbocycles. The van der Waals surface area contributed by atoms with Crippen LogP contribution in [-0.4, -0.2) is 64.4 Å². The predicted octanol–water partition coefficient (Wildman–Crippen LogP) is 3.65. The fraction of sp³-hybridized carbons (Fsp3) is 0.364. The monoisotopic (exact) mass is 390 g/mol. The second kappa shape index (κ2) is 7.40. The van der Waals surface area contributed by atoms with Gasteiger partial charge in [0.1, 0.15) is 11.4 Å². The number of aromatic amines is 2. The van der Waals surface area contributed by atoms with Crippen LogP contribution in [0.4, 0.5) is 5.69 Å². The highest BCUT2D eigenvalue weighted by atomic mass is 16.5. The van der Waals surface area contributed by atoms with Gasteiger partial charge >= 0.3 is 0 Å². The molecule has 4 aromatic rings. The molecule has 0 atom stereocenters. The number of piperazine rings is 1. The van der Waals surface area contributed by atoms with Crippen LogP contribution in [0.3, 0.4) is 0 Å². The second-order valence-electron chi connectivity index (χ2n) is 7.42. The summed E-state index contributed by atoms with van der Waals surface area (Å²) in [7, 11) is 0. The van der Waals surface area contributed by atoms with Crippen molar-refractivity contribution in [1.82, 2.24) is 25.1 Å². The minimum atomic E-state index is 0.638. The molecule has 3 heterocycles. The van der Waals surface area contributed by atoms with Crippen molar-refractivity contribution >= 4 is 27.6 Å². The van der Waals surface area contributed by atoms with E-state index in [4.69, 9.17) is 9.72 Å². The van der Waals surface area contributed by atoms with E-state index in [1.807, 2.05) is 25.1 Å². The molecule has 0 spiro atoms. The number of ether oxygens (including phenoxy) is 1. The van der Waals surface area contributed by atoms with Gasteiger partial charge in [-0.1, -0.05) is 6.92 Å². The Hall–Kier alpha value is -3.06. The van der Waals surface area contributed by atoms with Crippen LogP contribution >= 0.6 is 0 Å². The summed E-state index contributed by atoms with van der Waals surface area (Å²) in [4.78, 5) is 13.2. The summed E-state index contributed by atoms with van der Waals surface area (Å²) in [6, 6.07) is 12.4. The molecule has 2 aromatic carbocycles. The van der Waals surface area contributed by atoms with E-state index in [0.717, 1.165) is 71.9 Å². The molecule has 150 valence electrons. The minimum absolute atomic E-state index is 0.638. The second-order valence-corrected chi connectivity index (χ2v) is 7.42. The van der Waals surface area contributed by atoms with Crippen LogP contribution < -0.4 is 9.64 Å². The zero-order valence-corrected chi connectivity index (χ0v) is 16.9. The summed E-state index contributed by atoms with van der Waals surface area (Å²) < 4.78 is 5.65. The number of anilines is 1. The Kier molecular flexibility index (Phi) is 4.60. The molecule has 1 aliphatic rings. The van der Waals surface area contributed by atoms with Crippen molar-refractivity contribution in [2.24, 2.45) is 0 Å². The van der Waals surface area contributed by atoms with E-state index in [-0.39, 0.29) is 0 Å². The van der Waals surface area contributed by atoms with Crippen molar-refractivity contribution in [3.63, 3.8) is 0 Å². The van der Waals surface area contributed by atoms with Gasteiger partial charge in [-0.2, -0.15) is 5.10 Å². The number of nitrogens with one attached hydrogen (secondary N) is 2. The first-order valence-electron chi connectivity index (χ1n) is 10.3. The van der Waals surface area contributed by atoms with E-state index < -0.39 is 0 Å². The lowest BCUT2D eigenvalue weighted by Crippen LogP contribution is -2.46. The van der Waals surface area contributed by atoms with Gasteiger partial charge in [0.05, 0.1) is 23.2 Å². The van der Waals surface area contributed by atoms with Crippen LogP contribution in [0.5, 0.6) is 5.75 Å². The number of rotatable bonds is 5. The number of aromatic nitrogens is 4. The number of likely N-dealkylation sites (N-methyl/N-ethyl adjacent to an activating group) is 1. The molecule has 0 bridgehead atoms. The first-order chi connectivity index (χ1) is 14.2. The van der Waals surface area contributed by atoms with Crippen LogP contribution in [0.1, 0.15) is 13.8 Å². The Bertz CT molecular complexity index is 1140. The van der Waals surface area contributed by atoms with Gasteiger partial charge < -0.3 is 19.5 Å². The van der Waals surface area contributed by atoms with Crippen LogP contribution in [0, 0.1) is 0 Å².